The molecule has 0 bridgehead atoms. The number of carbonyl (C=O) groups is 2. The lowest BCUT2D eigenvalue weighted by Crippen LogP contribution is -2.30. The Bertz CT molecular complexity index is 556. The summed E-state index contributed by atoms with van der Waals surface area (Å²) < 4.78 is 4.50. The van der Waals surface area contributed by atoms with E-state index < -0.39 is 6.09 Å². The Labute approximate surface area is 121 Å². The average Bonchev–Trinajstić information content (AvgIpc) is 2.75. The van der Waals surface area contributed by atoms with Gasteiger partial charge in [-0.15, -0.1) is 11.3 Å². The molecule has 0 saturated heterocycles. The van der Waals surface area contributed by atoms with Crippen LogP contribution in [0, 0.1) is 18.3 Å². The van der Waals surface area contributed by atoms with E-state index in [-0.39, 0.29) is 5.91 Å². The SMILES string of the molecule is CCN(CC)C(=O)c1sc(NC(=O)OC)c(C#N)c1C. The third kappa shape index (κ3) is 3.08. The van der Waals surface area contributed by atoms with Gasteiger partial charge in [0, 0.05) is 13.1 Å². The summed E-state index contributed by atoms with van der Waals surface area (Å²) in [5, 5.41) is 12.0. The Morgan fingerprint density at radius 1 is 1.40 bits per heavy atom. The highest BCUT2D eigenvalue weighted by atomic mass is 32.1. The van der Waals surface area contributed by atoms with Crippen molar-refractivity contribution in [2.75, 3.05) is 25.5 Å². The van der Waals surface area contributed by atoms with Crippen molar-refractivity contribution in [3.8, 4) is 6.07 Å². The lowest BCUT2D eigenvalue weighted by molar-refractivity contribution is 0.0777. The van der Waals surface area contributed by atoms with E-state index in [0.717, 1.165) is 11.3 Å². The average molecular weight is 295 g/mol. The standard InChI is InChI=1S/C13H17N3O3S/c1-5-16(6-2)12(17)10-8(3)9(7-14)11(20-10)15-13(18)19-4/h5-6H2,1-4H3,(H,15,18). The van der Waals surface area contributed by atoms with E-state index in [0.29, 0.717) is 34.1 Å². The van der Waals surface area contributed by atoms with Crippen molar-refractivity contribution in [3.05, 3.63) is 16.0 Å². The fourth-order valence-electron chi connectivity index (χ4n) is 1.74. The number of nitrogens with one attached hydrogen (secondary N) is 1. The first-order chi connectivity index (χ1) is 9.49. The van der Waals surface area contributed by atoms with E-state index in [1.807, 2.05) is 19.9 Å². The van der Waals surface area contributed by atoms with Gasteiger partial charge in [-0.25, -0.2) is 4.79 Å². The number of methoxy groups -OCH3 is 1. The number of ether oxygens (including phenoxy) is 1. The van der Waals surface area contributed by atoms with E-state index in [4.69, 9.17) is 0 Å². The van der Waals surface area contributed by atoms with Gasteiger partial charge in [0.15, 0.2) is 0 Å². The quantitative estimate of drug-likeness (QED) is 0.925. The molecule has 1 aromatic heterocycles. The van der Waals surface area contributed by atoms with Crippen molar-refractivity contribution in [1.29, 1.82) is 5.26 Å². The number of anilines is 1. The Morgan fingerprint density at radius 2 is 2.00 bits per heavy atom. The molecule has 2 amide bonds. The minimum Gasteiger partial charge on any atom is -0.453 e. The minimum absolute atomic E-state index is 0.132. The maximum absolute atomic E-state index is 12.3. The fourth-order valence-corrected chi connectivity index (χ4v) is 2.85. The Hall–Kier alpha value is -2.07. The predicted molar refractivity (Wildman–Crippen MR) is 77.1 cm³/mol. The molecule has 1 N–H and O–H groups in total. The second-order valence-electron chi connectivity index (χ2n) is 3.97. The molecule has 0 spiro atoms. The summed E-state index contributed by atoms with van der Waals surface area (Å²) in [4.78, 5) is 25.7. The molecule has 0 aliphatic carbocycles. The molecule has 108 valence electrons. The highest BCUT2D eigenvalue weighted by Gasteiger charge is 2.23. The smallest absolute Gasteiger partial charge is 0.411 e. The first-order valence-corrected chi connectivity index (χ1v) is 6.99. The normalized spacial score (nSPS) is 9.75. The maximum atomic E-state index is 12.3. The van der Waals surface area contributed by atoms with Gasteiger partial charge in [-0.3, -0.25) is 10.1 Å². The number of amides is 2. The molecule has 7 heteroatoms. The van der Waals surface area contributed by atoms with Gasteiger partial charge in [0.25, 0.3) is 5.91 Å². The monoisotopic (exact) mass is 295 g/mol. The second kappa shape index (κ2) is 6.91. The van der Waals surface area contributed by atoms with Crippen LogP contribution in [0.2, 0.25) is 0 Å². The molecule has 0 unspecified atom stereocenters. The Kier molecular flexibility index (Phi) is 5.53. The first kappa shape index (κ1) is 16.0. The molecule has 0 atom stereocenters. The van der Waals surface area contributed by atoms with E-state index in [1.54, 1.807) is 11.8 Å². The van der Waals surface area contributed by atoms with Crippen LogP contribution in [-0.2, 0) is 4.74 Å². The number of hydrogen-bond acceptors (Lipinski definition) is 5. The van der Waals surface area contributed by atoms with Crippen LogP contribution in [0.4, 0.5) is 9.80 Å². The number of hydrogen-bond donors (Lipinski definition) is 1. The topological polar surface area (TPSA) is 82.4 Å². The highest BCUT2D eigenvalue weighted by molar-refractivity contribution is 7.18. The van der Waals surface area contributed by atoms with Gasteiger partial charge in [0.2, 0.25) is 0 Å². The van der Waals surface area contributed by atoms with Gasteiger partial charge in [-0.05, 0) is 26.3 Å². The van der Waals surface area contributed by atoms with Crippen molar-refractivity contribution in [2.45, 2.75) is 20.8 Å². The Morgan fingerprint density at radius 3 is 2.45 bits per heavy atom. The lowest BCUT2D eigenvalue weighted by Gasteiger charge is -2.17. The summed E-state index contributed by atoms with van der Waals surface area (Å²) in [6.45, 7) is 6.67. The van der Waals surface area contributed by atoms with E-state index >= 15 is 0 Å². The van der Waals surface area contributed by atoms with Crippen LogP contribution in [0.1, 0.15) is 34.6 Å². The molecule has 0 aliphatic rings. The van der Waals surface area contributed by atoms with Crippen molar-refractivity contribution in [1.82, 2.24) is 4.90 Å². The van der Waals surface area contributed by atoms with Gasteiger partial charge < -0.3 is 9.64 Å². The van der Waals surface area contributed by atoms with Crippen LogP contribution in [0.3, 0.4) is 0 Å². The summed E-state index contributed by atoms with van der Waals surface area (Å²) in [6.07, 6.45) is -0.662. The fraction of sp³-hybridized carbons (Fsp3) is 0.462. The molecule has 1 heterocycles. The predicted octanol–water partition coefficient (Wildman–Crippen LogP) is 2.59. The molecule has 1 aromatic rings. The third-order valence-electron chi connectivity index (χ3n) is 2.90. The summed E-state index contributed by atoms with van der Waals surface area (Å²) in [6, 6.07) is 2.01. The van der Waals surface area contributed by atoms with Crippen LogP contribution in [0.15, 0.2) is 0 Å². The summed E-state index contributed by atoms with van der Waals surface area (Å²) in [7, 11) is 1.24. The van der Waals surface area contributed by atoms with Gasteiger partial charge in [-0.1, -0.05) is 0 Å². The minimum atomic E-state index is -0.662. The molecule has 0 fully saturated rings. The van der Waals surface area contributed by atoms with E-state index in [9.17, 15) is 14.9 Å². The molecule has 0 aromatic carbocycles. The molecule has 0 saturated carbocycles. The van der Waals surface area contributed by atoms with Crippen LogP contribution < -0.4 is 5.32 Å². The van der Waals surface area contributed by atoms with Gasteiger partial charge in [0.1, 0.15) is 11.1 Å². The lowest BCUT2D eigenvalue weighted by atomic mass is 10.1. The number of nitriles is 1. The number of carbonyl (C=O) groups excluding carboxylic acids is 2. The van der Waals surface area contributed by atoms with Crippen molar-refractivity contribution in [2.24, 2.45) is 0 Å². The molecule has 1 rings (SSSR count). The molecule has 6 nitrogen and oxygen atoms in total. The Balaban J connectivity index is 3.20. The van der Waals surface area contributed by atoms with Crippen LogP contribution in [-0.4, -0.2) is 37.1 Å². The second-order valence-corrected chi connectivity index (χ2v) is 4.99. The molecular formula is C13H17N3O3S. The first-order valence-electron chi connectivity index (χ1n) is 6.17. The maximum Gasteiger partial charge on any atom is 0.411 e. The molecule has 0 radical (unpaired) electrons. The van der Waals surface area contributed by atoms with Crippen LogP contribution in [0.25, 0.3) is 0 Å². The van der Waals surface area contributed by atoms with Crippen LogP contribution >= 0.6 is 11.3 Å². The van der Waals surface area contributed by atoms with E-state index in [2.05, 4.69) is 10.1 Å². The van der Waals surface area contributed by atoms with Gasteiger partial charge in [-0.2, -0.15) is 5.26 Å². The third-order valence-corrected chi connectivity index (χ3v) is 4.10. The number of thiophene rings is 1. The zero-order chi connectivity index (χ0) is 15.3. The van der Waals surface area contributed by atoms with Crippen molar-refractivity contribution < 1.29 is 14.3 Å². The van der Waals surface area contributed by atoms with Crippen LogP contribution in [0.5, 0.6) is 0 Å². The summed E-state index contributed by atoms with van der Waals surface area (Å²) >= 11 is 1.10. The summed E-state index contributed by atoms with van der Waals surface area (Å²) in [5.41, 5.74) is 0.886. The van der Waals surface area contributed by atoms with Gasteiger partial charge in [0.05, 0.1) is 17.6 Å². The number of rotatable bonds is 4. The molecular weight excluding hydrogens is 278 g/mol. The zero-order valence-electron chi connectivity index (χ0n) is 11.9. The zero-order valence-corrected chi connectivity index (χ0v) is 12.8. The molecule has 0 aliphatic heterocycles. The van der Waals surface area contributed by atoms with Crippen molar-refractivity contribution >= 4 is 28.3 Å². The number of nitrogens with zero attached hydrogens (tertiary/aromatic N) is 2. The largest absolute Gasteiger partial charge is 0.453 e. The summed E-state index contributed by atoms with van der Waals surface area (Å²) in [5.74, 6) is -0.132. The van der Waals surface area contributed by atoms with Gasteiger partial charge >= 0.3 is 6.09 Å². The molecule has 20 heavy (non-hydrogen) atoms. The van der Waals surface area contributed by atoms with E-state index in [1.165, 1.54) is 7.11 Å². The highest BCUT2D eigenvalue weighted by Crippen LogP contribution is 2.33. The van der Waals surface area contributed by atoms with Crippen molar-refractivity contribution in [3.63, 3.8) is 0 Å².